The Bertz CT molecular complexity index is 917. The Balaban J connectivity index is 1.67. The summed E-state index contributed by atoms with van der Waals surface area (Å²) < 4.78 is 2.17. The lowest BCUT2D eigenvalue weighted by molar-refractivity contribution is 0.794. The highest BCUT2D eigenvalue weighted by Crippen LogP contribution is 2.37. The van der Waals surface area contributed by atoms with Crippen molar-refractivity contribution in [2.45, 2.75) is 32.7 Å². The van der Waals surface area contributed by atoms with Crippen LogP contribution < -0.4 is 4.90 Å². The molecule has 0 aliphatic carbocycles. The predicted molar refractivity (Wildman–Crippen MR) is 103 cm³/mol. The van der Waals surface area contributed by atoms with Crippen LogP contribution in [0.3, 0.4) is 0 Å². The van der Waals surface area contributed by atoms with Gasteiger partial charge in [0.2, 0.25) is 0 Å². The molecular weight excluding hydrogens is 292 g/mol. The van der Waals surface area contributed by atoms with Gasteiger partial charge in [-0.3, -0.25) is 0 Å². The molecule has 0 unspecified atom stereocenters. The van der Waals surface area contributed by atoms with Gasteiger partial charge in [0.15, 0.2) is 0 Å². The van der Waals surface area contributed by atoms with Crippen molar-refractivity contribution in [1.82, 2.24) is 4.57 Å². The first-order valence-corrected chi connectivity index (χ1v) is 8.81. The number of benzene rings is 2. The zero-order valence-corrected chi connectivity index (χ0v) is 14.5. The highest BCUT2D eigenvalue weighted by Gasteiger charge is 2.24. The van der Waals surface area contributed by atoms with Gasteiger partial charge in [-0.1, -0.05) is 38.1 Å². The quantitative estimate of drug-likeness (QED) is 0.616. The van der Waals surface area contributed by atoms with Crippen LogP contribution in [0.4, 0.5) is 5.69 Å². The summed E-state index contributed by atoms with van der Waals surface area (Å²) in [5.74, 6) is 0. The van der Waals surface area contributed by atoms with Crippen LogP contribution in [0.5, 0.6) is 0 Å². The fourth-order valence-electron chi connectivity index (χ4n) is 3.64. The summed E-state index contributed by atoms with van der Waals surface area (Å²) in [6.45, 7) is 7.54. The third-order valence-corrected chi connectivity index (χ3v) is 5.14. The Morgan fingerprint density at radius 3 is 2.79 bits per heavy atom. The molecule has 0 spiro atoms. The number of unbranched alkanes of at least 4 members (excludes halogenated alkanes) is 1. The molecule has 1 aliphatic rings. The Labute approximate surface area is 144 Å². The van der Waals surface area contributed by atoms with Crippen LogP contribution in [0.2, 0.25) is 0 Å². The smallest absolute Gasteiger partial charge is 0.0498 e. The monoisotopic (exact) mass is 316 g/mol. The van der Waals surface area contributed by atoms with Crippen LogP contribution in [0, 0.1) is 0 Å². The SMILES string of the molecule is C=C1c2cc(CCCC)ccc2CN1c1ccc2ccn(C)c2c1. The van der Waals surface area contributed by atoms with Crippen LogP contribution in [0.1, 0.15) is 36.5 Å². The molecule has 0 saturated heterocycles. The van der Waals surface area contributed by atoms with Crippen molar-refractivity contribution in [1.29, 1.82) is 0 Å². The van der Waals surface area contributed by atoms with Crippen molar-refractivity contribution in [3.8, 4) is 0 Å². The van der Waals surface area contributed by atoms with E-state index in [1.165, 1.54) is 46.1 Å². The van der Waals surface area contributed by atoms with Gasteiger partial charge in [-0.2, -0.15) is 0 Å². The van der Waals surface area contributed by atoms with E-state index in [1.54, 1.807) is 0 Å². The van der Waals surface area contributed by atoms with Crippen LogP contribution in [0.15, 0.2) is 55.2 Å². The van der Waals surface area contributed by atoms with Gasteiger partial charge in [-0.25, -0.2) is 0 Å². The maximum absolute atomic E-state index is 4.38. The van der Waals surface area contributed by atoms with Gasteiger partial charge in [-0.15, -0.1) is 0 Å². The van der Waals surface area contributed by atoms with E-state index in [4.69, 9.17) is 0 Å². The first-order chi connectivity index (χ1) is 11.7. The van der Waals surface area contributed by atoms with E-state index in [9.17, 15) is 0 Å². The van der Waals surface area contributed by atoms with Crippen LogP contribution >= 0.6 is 0 Å². The van der Waals surface area contributed by atoms with Gasteiger partial charge >= 0.3 is 0 Å². The van der Waals surface area contributed by atoms with E-state index in [2.05, 4.69) is 78.7 Å². The van der Waals surface area contributed by atoms with E-state index in [-0.39, 0.29) is 0 Å². The molecule has 3 aromatic rings. The molecule has 24 heavy (non-hydrogen) atoms. The number of rotatable bonds is 4. The van der Waals surface area contributed by atoms with Gasteiger partial charge < -0.3 is 9.47 Å². The predicted octanol–water partition coefficient (Wildman–Crippen LogP) is 5.51. The molecule has 0 bridgehead atoms. The molecule has 0 atom stereocenters. The zero-order chi connectivity index (χ0) is 16.7. The lowest BCUT2D eigenvalue weighted by atomic mass is 10.0. The zero-order valence-electron chi connectivity index (χ0n) is 14.5. The van der Waals surface area contributed by atoms with E-state index >= 15 is 0 Å². The Kier molecular flexibility index (Phi) is 3.68. The van der Waals surface area contributed by atoms with Gasteiger partial charge in [0.05, 0.1) is 0 Å². The van der Waals surface area contributed by atoms with Crippen molar-refractivity contribution >= 4 is 22.3 Å². The number of nitrogens with zero attached hydrogens (tertiary/aromatic N) is 2. The van der Waals surface area contributed by atoms with Crippen molar-refractivity contribution < 1.29 is 0 Å². The van der Waals surface area contributed by atoms with Crippen molar-refractivity contribution in [2.75, 3.05) is 4.90 Å². The summed E-state index contributed by atoms with van der Waals surface area (Å²) in [4.78, 5) is 2.33. The molecule has 1 aliphatic heterocycles. The van der Waals surface area contributed by atoms with Crippen molar-refractivity contribution in [3.63, 3.8) is 0 Å². The third-order valence-electron chi connectivity index (χ3n) is 5.14. The molecule has 0 amide bonds. The normalized spacial score (nSPS) is 13.8. The average Bonchev–Trinajstić information content (AvgIpc) is 3.13. The highest BCUT2D eigenvalue weighted by molar-refractivity contribution is 5.89. The maximum atomic E-state index is 4.38. The van der Waals surface area contributed by atoms with Gasteiger partial charge in [0, 0.05) is 42.3 Å². The molecular formula is C22H24N2. The van der Waals surface area contributed by atoms with E-state index < -0.39 is 0 Å². The largest absolute Gasteiger partial charge is 0.350 e. The number of anilines is 1. The minimum absolute atomic E-state index is 0.915. The number of hydrogen-bond acceptors (Lipinski definition) is 1. The molecule has 0 N–H and O–H groups in total. The second-order valence-corrected chi connectivity index (χ2v) is 6.80. The molecule has 4 rings (SSSR count). The number of aromatic nitrogens is 1. The Hall–Kier alpha value is -2.48. The second-order valence-electron chi connectivity index (χ2n) is 6.80. The van der Waals surface area contributed by atoms with Crippen LogP contribution in [-0.2, 0) is 20.0 Å². The fraction of sp³-hybridized carbons (Fsp3) is 0.273. The minimum Gasteiger partial charge on any atom is -0.350 e. The molecule has 0 saturated carbocycles. The number of aryl methyl sites for hydroxylation is 2. The molecule has 1 aromatic heterocycles. The van der Waals surface area contributed by atoms with E-state index in [0.717, 1.165) is 18.7 Å². The summed E-state index contributed by atoms with van der Waals surface area (Å²) in [5.41, 5.74) is 7.73. The standard InChI is InChI=1S/C22H24N2/c1-4-5-6-17-7-8-19-15-24(16(2)21(19)13-17)20-10-9-18-11-12-23(3)22(18)14-20/h7-14H,2,4-6,15H2,1,3H3. The van der Waals surface area contributed by atoms with Gasteiger partial charge in [0.1, 0.15) is 0 Å². The Morgan fingerprint density at radius 2 is 1.96 bits per heavy atom. The number of fused-ring (bicyclic) bond motifs is 2. The molecule has 2 nitrogen and oxygen atoms in total. The molecule has 0 radical (unpaired) electrons. The number of hydrogen-bond donors (Lipinski definition) is 0. The molecule has 122 valence electrons. The van der Waals surface area contributed by atoms with Gasteiger partial charge in [0.25, 0.3) is 0 Å². The summed E-state index contributed by atoms with van der Waals surface area (Å²) >= 11 is 0. The topological polar surface area (TPSA) is 8.17 Å². The fourth-order valence-corrected chi connectivity index (χ4v) is 3.64. The Morgan fingerprint density at radius 1 is 1.08 bits per heavy atom. The first-order valence-electron chi connectivity index (χ1n) is 8.81. The second kappa shape index (κ2) is 5.86. The van der Waals surface area contributed by atoms with E-state index in [0.29, 0.717) is 0 Å². The third kappa shape index (κ3) is 2.43. The molecule has 2 heterocycles. The van der Waals surface area contributed by atoms with Crippen molar-refractivity contribution in [3.05, 3.63) is 71.9 Å². The summed E-state index contributed by atoms with van der Waals surface area (Å²) in [6, 6.07) is 15.7. The summed E-state index contributed by atoms with van der Waals surface area (Å²) in [6.07, 6.45) is 5.76. The van der Waals surface area contributed by atoms with Crippen LogP contribution in [0.25, 0.3) is 16.6 Å². The highest BCUT2D eigenvalue weighted by atomic mass is 15.2. The lowest BCUT2D eigenvalue weighted by Gasteiger charge is -2.20. The van der Waals surface area contributed by atoms with Gasteiger partial charge in [-0.05, 0) is 53.6 Å². The molecule has 2 aromatic carbocycles. The average molecular weight is 316 g/mol. The molecule has 2 heteroatoms. The summed E-state index contributed by atoms with van der Waals surface area (Å²) in [5, 5.41) is 1.28. The van der Waals surface area contributed by atoms with Crippen molar-refractivity contribution in [2.24, 2.45) is 7.05 Å². The lowest BCUT2D eigenvalue weighted by Crippen LogP contribution is -2.12. The van der Waals surface area contributed by atoms with E-state index in [1.807, 2.05) is 0 Å². The van der Waals surface area contributed by atoms with Crippen LogP contribution in [-0.4, -0.2) is 4.57 Å². The molecule has 0 fully saturated rings. The maximum Gasteiger partial charge on any atom is 0.0498 e. The first kappa shape index (κ1) is 15.1. The summed E-state index contributed by atoms with van der Waals surface area (Å²) in [7, 11) is 2.10. The minimum atomic E-state index is 0.915.